The highest BCUT2D eigenvalue weighted by Gasteiger charge is 2.25. The number of hydrogen-bond donors (Lipinski definition) is 2. The number of urea groups is 3. The van der Waals surface area contributed by atoms with Crippen molar-refractivity contribution >= 4 is 18.1 Å². The largest absolute Gasteiger partial charge is 0.376 e. The lowest BCUT2D eigenvalue weighted by Crippen LogP contribution is -2.50. The lowest BCUT2D eigenvalue weighted by Gasteiger charge is -2.25. The molecular formula is C8H16N4O4. The van der Waals surface area contributed by atoms with Crippen LogP contribution in [-0.4, -0.2) is 72.8 Å². The molecule has 92 valence electrons. The van der Waals surface area contributed by atoms with Gasteiger partial charge in [0, 0.05) is 28.2 Å². The van der Waals surface area contributed by atoms with Crippen LogP contribution in [0.5, 0.6) is 0 Å². The molecule has 0 aromatic heterocycles. The Kier molecular flexibility index (Phi) is 5.23. The zero-order valence-corrected chi connectivity index (χ0v) is 9.72. The Hall–Kier alpha value is -1.83. The number of nitrogens with zero attached hydrogens (tertiary/aromatic N) is 3. The smallest absolute Gasteiger partial charge is 0.335 e. The molecule has 0 saturated carbocycles. The van der Waals surface area contributed by atoms with Crippen molar-refractivity contribution in [1.82, 2.24) is 20.0 Å². The summed E-state index contributed by atoms with van der Waals surface area (Å²) in [5, 5.41) is 11.0. The van der Waals surface area contributed by atoms with Gasteiger partial charge in [-0.1, -0.05) is 0 Å². The molecule has 0 heterocycles. The first-order valence-electron chi connectivity index (χ1n) is 4.45. The van der Waals surface area contributed by atoms with Crippen molar-refractivity contribution in [1.29, 1.82) is 0 Å². The number of imide groups is 2. The van der Waals surface area contributed by atoms with Crippen molar-refractivity contribution in [2.75, 3.05) is 34.9 Å². The van der Waals surface area contributed by atoms with Crippen LogP contribution in [0.4, 0.5) is 14.4 Å². The zero-order valence-electron chi connectivity index (χ0n) is 9.72. The highest BCUT2D eigenvalue weighted by Crippen LogP contribution is 1.99. The fourth-order valence-electron chi connectivity index (χ4n) is 0.878. The molecule has 0 aliphatic heterocycles. The third kappa shape index (κ3) is 3.09. The van der Waals surface area contributed by atoms with E-state index in [0.717, 1.165) is 14.7 Å². The van der Waals surface area contributed by atoms with Crippen molar-refractivity contribution in [3.63, 3.8) is 0 Å². The van der Waals surface area contributed by atoms with Crippen LogP contribution in [0.15, 0.2) is 0 Å². The van der Waals surface area contributed by atoms with Crippen LogP contribution in [-0.2, 0) is 0 Å². The van der Waals surface area contributed by atoms with Crippen LogP contribution >= 0.6 is 0 Å². The second-order valence-corrected chi connectivity index (χ2v) is 3.08. The summed E-state index contributed by atoms with van der Waals surface area (Å²) in [4.78, 5) is 36.5. The maximum atomic E-state index is 11.6. The highest BCUT2D eigenvalue weighted by molar-refractivity contribution is 6.00. The fraction of sp³-hybridized carbons (Fsp3) is 0.625. The molecule has 0 rings (SSSR count). The molecule has 0 radical (unpaired) electrons. The molecule has 16 heavy (non-hydrogen) atoms. The molecule has 0 aliphatic rings. The van der Waals surface area contributed by atoms with Gasteiger partial charge >= 0.3 is 18.1 Å². The summed E-state index contributed by atoms with van der Waals surface area (Å²) in [6.45, 7) is -0.514. The van der Waals surface area contributed by atoms with E-state index in [1.165, 1.54) is 28.2 Å². The molecule has 0 atom stereocenters. The van der Waals surface area contributed by atoms with Gasteiger partial charge in [0.05, 0.1) is 0 Å². The third-order valence-corrected chi connectivity index (χ3v) is 1.92. The number of amides is 6. The van der Waals surface area contributed by atoms with Crippen molar-refractivity contribution < 1.29 is 19.5 Å². The molecule has 0 unspecified atom stereocenters. The van der Waals surface area contributed by atoms with E-state index in [2.05, 4.69) is 5.32 Å². The summed E-state index contributed by atoms with van der Waals surface area (Å²) in [6.07, 6.45) is 0. The number of aliphatic hydroxyl groups excluding tert-OH is 1. The molecule has 0 fully saturated rings. The van der Waals surface area contributed by atoms with E-state index in [9.17, 15) is 14.4 Å². The second kappa shape index (κ2) is 5.91. The predicted molar refractivity (Wildman–Crippen MR) is 55.6 cm³/mol. The topological polar surface area (TPSA) is 93.2 Å². The quantitative estimate of drug-likeness (QED) is 0.585. The van der Waals surface area contributed by atoms with E-state index < -0.39 is 24.8 Å². The average Bonchev–Trinajstić information content (AvgIpc) is 2.32. The van der Waals surface area contributed by atoms with Crippen molar-refractivity contribution in [3.05, 3.63) is 0 Å². The maximum absolute atomic E-state index is 11.6. The monoisotopic (exact) mass is 232 g/mol. The van der Waals surface area contributed by atoms with Gasteiger partial charge in [0.25, 0.3) is 0 Å². The lowest BCUT2D eigenvalue weighted by atomic mass is 10.6. The van der Waals surface area contributed by atoms with Crippen LogP contribution in [0.25, 0.3) is 0 Å². The Morgan fingerprint density at radius 2 is 1.56 bits per heavy atom. The van der Waals surface area contributed by atoms with Crippen LogP contribution in [0.1, 0.15) is 0 Å². The second-order valence-electron chi connectivity index (χ2n) is 3.08. The number of rotatable bonds is 1. The minimum Gasteiger partial charge on any atom is -0.376 e. The first-order chi connectivity index (χ1) is 7.36. The molecule has 8 nitrogen and oxygen atoms in total. The number of hydrogen-bond acceptors (Lipinski definition) is 4. The Morgan fingerprint density at radius 1 is 1.06 bits per heavy atom. The first kappa shape index (κ1) is 14.2. The van der Waals surface area contributed by atoms with Crippen LogP contribution in [0.2, 0.25) is 0 Å². The molecule has 0 saturated heterocycles. The fourth-order valence-corrected chi connectivity index (χ4v) is 0.878. The van der Waals surface area contributed by atoms with Gasteiger partial charge in [0.15, 0.2) is 0 Å². The van der Waals surface area contributed by atoms with Gasteiger partial charge in [0.1, 0.15) is 6.73 Å². The maximum Gasteiger partial charge on any atom is 0.335 e. The van der Waals surface area contributed by atoms with Gasteiger partial charge in [0.2, 0.25) is 0 Å². The van der Waals surface area contributed by atoms with E-state index in [1.54, 1.807) is 0 Å². The van der Waals surface area contributed by atoms with E-state index >= 15 is 0 Å². The Bertz CT molecular complexity index is 294. The van der Waals surface area contributed by atoms with Gasteiger partial charge in [-0.25, -0.2) is 24.2 Å². The van der Waals surface area contributed by atoms with E-state index in [0.29, 0.717) is 0 Å². The zero-order chi connectivity index (χ0) is 12.9. The van der Waals surface area contributed by atoms with Gasteiger partial charge in [-0.05, 0) is 0 Å². The molecule has 8 heteroatoms. The summed E-state index contributed by atoms with van der Waals surface area (Å²) in [7, 11) is 5.15. The molecular weight excluding hydrogens is 216 g/mol. The van der Waals surface area contributed by atoms with Gasteiger partial charge in [-0.3, -0.25) is 0 Å². The molecule has 2 N–H and O–H groups in total. The van der Waals surface area contributed by atoms with Gasteiger partial charge in [-0.2, -0.15) is 0 Å². The van der Waals surface area contributed by atoms with E-state index in [-0.39, 0.29) is 0 Å². The molecule has 0 aromatic rings. The Morgan fingerprint density at radius 3 is 1.94 bits per heavy atom. The molecule has 0 aliphatic carbocycles. The van der Waals surface area contributed by atoms with Crippen LogP contribution < -0.4 is 5.32 Å². The number of carbonyl (C=O) groups excluding carboxylic acids is 3. The Balaban J connectivity index is 4.61. The Labute approximate surface area is 93.4 Å². The lowest BCUT2D eigenvalue weighted by molar-refractivity contribution is 0.117. The molecule has 0 aromatic carbocycles. The van der Waals surface area contributed by atoms with Crippen molar-refractivity contribution in [3.8, 4) is 0 Å². The van der Waals surface area contributed by atoms with E-state index in [4.69, 9.17) is 5.11 Å². The van der Waals surface area contributed by atoms with Crippen molar-refractivity contribution in [2.24, 2.45) is 0 Å². The average molecular weight is 232 g/mol. The standard InChI is InChI=1S/C8H16N4O4/c1-9-6(14)11(3)8(16)12(4)7(15)10(2)5-13/h13H,5H2,1-4H3,(H,9,14). The molecule has 6 amide bonds. The molecule has 0 spiro atoms. The number of aliphatic hydroxyl groups is 1. The number of nitrogens with one attached hydrogen (secondary N) is 1. The normalized spacial score (nSPS) is 9.31. The minimum atomic E-state index is -0.787. The van der Waals surface area contributed by atoms with E-state index in [1.807, 2.05) is 0 Å². The summed E-state index contributed by atoms with van der Waals surface area (Å²) in [5.41, 5.74) is 0. The predicted octanol–water partition coefficient (Wildman–Crippen LogP) is -0.689. The van der Waals surface area contributed by atoms with Crippen molar-refractivity contribution in [2.45, 2.75) is 0 Å². The summed E-state index contributed by atoms with van der Waals surface area (Å²) >= 11 is 0. The third-order valence-electron chi connectivity index (χ3n) is 1.92. The highest BCUT2D eigenvalue weighted by atomic mass is 16.3. The first-order valence-corrected chi connectivity index (χ1v) is 4.45. The molecule has 0 bridgehead atoms. The SMILES string of the molecule is CNC(=O)N(C)C(=O)N(C)C(=O)N(C)CO. The van der Waals surface area contributed by atoms with Gasteiger partial charge in [-0.15, -0.1) is 0 Å². The van der Waals surface area contributed by atoms with Crippen LogP contribution in [0.3, 0.4) is 0 Å². The summed E-state index contributed by atoms with van der Waals surface area (Å²) < 4.78 is 0. The summed E-state index contributed by atoms with van der Waals surface area (Å²) in [6, 6.07) is -2.12. The summed E-state index contributed by atoms with van der Waals surface area (Å²) in [5.74, 6) is 0. The number of carbonyl (C=O) groups is 3. The van der Waals surface area contributed by atoms with Crippen LogP contribution in [0, 0.1) is 0 Å². The van der Waals surface area contributed by atoms with Gasteiger partial charge < -0.3 is 15.3 Å². The minimum absolute atomic E-state index is 0.514.